The van der Waals surface area contributed by atoms with E-state index in [0.717, 1.165) is 48.3 Å². The number of anilines is 3. The van der Waals surface area contributed by atoms with Crippen LogP contribution in [0.5, 0.6) is 0 Å². The minimum Gasteiger partial charge on any atom is -0.369 e. The molecule has 0 aliphatic heterocycles. The maximum absolute atomic E-state index is 12.2. The van der Waals surface area contributed by atoms with Crippen molar-refractivity contribution in [3.8, 4) is 0 Å². The molecule has 1 heterocycles. The van der Waals surface area contributed by atoms with E-state index >= 15 is 0 Å². The van der Waals surface area contributed by atoms with E-state index in [1.54, 1.807) is 6.20 Å². The van der Waals surface area contributed by atoms with E-state index in [2.05, 4.69) is 36.5 Å². The van der Waals surface area contributed by atoms with Crippen molar-refractivity contribution in [1.29, 1.82) is 0 Å². The van der Waals surface area contributed by atoms with Gasteiger partial charge in [0.1, 0.15) is 5.82 Å². The van der Waals surface area contributed by atoms with Gasteiger partial charge in [-0.3, -0.25) is 4.79 Å². The molecule has 0 atom stereocenters. The number of nitrogens with one attached hydrogen (secondary N) is 2. The average molecular weight is 432 g/mol. The van der Waals surface area contributed by atoms with Crippen molar-refractivity contribution in [3.05, 3.63) is 40.5 Å². The van der Waals surface area contributed by atoms with E-state index in [9.17, 15) is 4.79 Å². The van der Waals surface area contributed by atoms with Crippen LogP contribution in [0.25, 0.3) is 0 Å². The number of carbonyl (C=O) groups is 1. The van der Waals surface area contributed by atoms with Gasteiger partial charge in [0.2, 0.25) is 11.9 Å². The lowest BCUT2D eigenvalue weighted by Gasteiger charge is -2.29. The Morgan fingerprint density at radius 2 is 2.19 bits per heavy atom. The van der Waals surface area contributed by atoms with Gasteiger partial charge in [0.25, 0.3) is 0 Å². The van der Waals surface area contributed by atoms with Gasteiger partial charge in [-0.2, -0.15) is 4.98 Å². The quantitative estimate of drug-likeness (QED) is 0.607. The smallest absolute Gasteiger partial charge is 0.229 e. The molecule has 1 amide bonds. The molecule has 6 nitrogen and oxygen atoms in total. The molecule has 2 aromatic rings. The summed E-state index contributed by atoms with van der Waals surface area (Å²) in [6.07, 6.45) is 5.89. The lowest BCUT2D eigenvalue weighted by Crippen LogP contribution is -2.37. The number of benzene rings is 1. The molecule has 27 heavy (non-hydrogen) atoms. The first-order valence-corrected chi connectivity index (χ1v) is 10.2. The zero-order valence-electron chi connectivity index (χ0n) is 15.8. The Hall–Kier alpha value is -2.15. The molecule has 0 bridgehead atoms. The average Bonchev–Trinajstić information content (AvgIpc) is 2.59. The second kappa shape index (κ2) is 9.17. The SMILES string of the molecule is Cc1cccc(Nc2ncc(Br)c(NCCCN(C)C(=O)C3CCC3)n2)c1. The minimum absolute atomic E-state index is 0.259. The first-order chi connectivity index (χ1) is 13.0. The topological polar surface area (TPSA) is 70.2 Å². The molecule has 0 spiro atoms. The number of hydrogen-bond acceptors (Lipinski definition) is 5. The molecule has 7 heteroatoms. The number of rotatable bonds is 8. The van der Waals surface area contributed by atoms with Crippen molar-refractivity contribution in [2.24, 2.45) is 5.92 Å². The van der Waals surface area contributed by atoms with Gasteiger partial charge in [-0.1, -0.05) is 18.6 Å². The predicted octanol–water partition coefficient (Wildman–Crippen LogP) is 4.35. The highest BCUT2D eigenvalue weighted by Gasteiger charge is 2.27. The third-order valence-corrected chi connectivity index (χ3v) is 5.39. The van der Waals surface area contributed by atoms with E-state index in [-0.39, 0.29) is 11.8 Å². The predicted molar refractivity (Wildman–Crippen MR) is 112 cm³/mol. The van der Waals surface area contributed by atoms with Crippen LogP contribution in [0.15, 0.2) is 34.9 Å². The van der Waals surface area contributed by atoms with Crippen LogP contribution in [0.4, 0.5) is 17.5 Å². The molecule has 1 aliphatic carbocycles. The Morgan fingerprint density at radius 1 is 1.37 bits per heavy atom. The van der Waals surface area contributed by atoms with E-state index in [1.165, 1.54) is 12.0 Å². The van der Waals surface area contributed by atoms with Gasteiger partial charge >= 0.3 is 0 Å². The lowest BCUT2D eigenvalue weighted by molar-refractivity contribution is -0.136. The zero-order chi connectivity index (χ0) is 19.2. The summed E-state index contributed by atoms with van der Waals surface area (Å²) in [5.74, 6) is 1.83. The highest BCUT2D eigenvalue weighted by atomic mass is 79.9. The number of aromatic nitrogens is 2. The third kappa shape index (κ3) is 5.42. The molecule has 1 aromatic carbocycles. The van der Waals surface area contributed by atoms with Crippen LogP contribution in [0.2, 0.25) is 0 Å². The number of hydrogen-bond donors (Lipinski definition) is 2. The summed E-state index contributed by atoms with van der Waals surface area (Å²) in [6.45, 7) is 3.54. The number of nitrogens with zero attached hydrogens (tertiary/aromatic N) is 3. The Morgan fingerprint density at radius 3 is 2.89 bits per heavy atom. The van der Waals surface area contributed by atoms with Gasteiger partial charge in [-0.15, -0.1) is 0 Å². The van der Waals surface area contributed by atoms with E-state index in [0.29, 0.717) is 5.95 Å². The summed E-state index contributed by atoms with van der Waals surface area (Å²) in [5.41, 5.74) is 2.13. The zero-order valence-corrected chi connectivity index (χ0v) is 17.4. The van der Waals surface area contributed by atoms with Crippen molar-refractivity contribution < 1.29 is 4.79 Å². The van der Waals surface area contributed by atoms with Gasteiger partial charge in [-0.25, -0.2) is 4.98 Å². The van der Waals surface area contributed by atoms with Crippen LogP contribution in [0.1, 0.15) is 31.2 Å². The molecule has 1 saturated carbocycles. The number of carbonyl (C=O) groups excluding carboxylic acids is 1. The highest BCUT2D eigenvalue weighted by molar-refractivity contribution is 9.10. The summed E-state index contributed by atoms with van der Waals surface area (Å²) in [4.78, 5) is 22.9. The molecule has 3 rings (SSSR count). The van der Waals surface area contributed by atoms with Gasteiger partial charge in [0.05, 0.1) is 4.47 Å². The van der Waals surface area contributed by atoms with Crippen LogP contribution in [0, 0.1) is 12.8 Å². The Bertz CT molecular complexity index is 794. The molecule has 0 unspecified atom stereocenters. The maximum atomic E-state index is 12.2. The second-order valence-corrected chi connectivity index (χ2v) is 7.91. The Labute approximate surface area is 168 Å². The molecule has 1 fully saturated rings. The van der Waals surface area contributed by atoms with Crippen LogP contribution in [-0.2, 0) is 4.79 Å². The number of aryl methyl sites for hydroxylation is 1. The molecule has 0 saturated heterocycles. The summed E-state index contributed by atoms with van der Waals surface area (Å²) in [7, 11) is 1.89. The Kier molecular flexibility index (Phi) is 6.66. The standard InChI is InChI=1S/C20H26BrN5O/c1-14-6-3-9-16(12-14)24-20-23-13-17(21)18(25-20)22-10-5-11-26(2)19(27)15-7-4-8-15/h3,6,9,12-13,15H,4-5,7-8,10-11H2,1-2H3,(H2,22,23,24,25). The van der Waals surface area contributed by atoms with Crippen molar-refractivity contribution in [3.63, 3.8) is 0 Å². The summed E-state index contributed by atoms with van der Waals surface area (Å²) in [6, 6.07) is 8.08. The first kappa shape index (κ1) is 19.6. The third-order valence-electron chi connectivity index (χ3n) is 4.81. The molecular formula is C20H26BrN5O. The molecule has 1 aliphatic rings. The van der Waals surface area contributed by atoms with Crippen molar-refractivity contribution >= 4 is 39.3 Å². The van der Waals surface area contributed by atoms with Gasteiger partial charge in [0.15, 0.2) is 0 Å². The summed E-state index contributed by atoms with van der Waals surface area (Å²) >= 11 is 3.49. The summed E-state index contributed by atoms with van der Waals surface area (Å²) in [5, 5.41) is 6.55. The lowest BCUT2D eigenvalue weighted by atomic mass is 9.84. The Balaban J connectivity index is 1.50. The highest BCUT2D eigenvalue weighted by Crippen LogP contribution is 2.28. The van der Waals surface area contributed by atoms with E-state index in [4.69, 9.17) is 0 Å². The monoisotopic (exact) mass is 431 g/mol. The maximum Gasteiger partial charge on any atom is 0.229 e. The van der Waals surface area contributed by atoms with E-state index in [1.807, 2.05) is 43.1 Å². The fourth-order valence-corrected chi connectivity index (χ4v) is 3.33. The van der Waals surface area contributed by atoms with Crippen LogP contribution >= 0.6 is 15.9 Å². The van der Waals surface area contributed by atoms with Gasteiger partial charge < -0.3 is 15.5 Å². The van der Waals surface area contributed by atoms with Crippen LogP contribution in [0.3, 0.4) is 0 Å². The van der Waals surface area contributed by atoms with Crippen molar-refractivity contribution in [2.75, 3.05) is 30.8 Å². The van der Waals surface area contributed by atoms with Gasteiger partial charge in [0, 0.05) is 37.9 Å². The van der Waals surface area contributed by atoms with E-state index < -0.39 is 0 Å². The van der Waals surface area contributed by atoms with Crippen molar-refractivity contribution in [2.45, 2.75) is 32.6 Å². The second-order valence-electron chi connectivity index (χ2n) is 7.05. The van der Waals surface area contributed by atoms with Crippen LogP contribution < -0.4 is 10.6 Å². The normalized spacial score (nSPS) is 13.7. The van der Waals surface area contributed by atoms with Gasteiger partial charge in [-0.05, 0) is 59.8 Å². The molecule has 144 valence electrons. The number of halogens is 1. The largest absolute Gasteiger partial charge is 0.369 e. The minimum atomic E-state index is 0.259. The van der Waals surface area contributed by atoms with Crippen molar-refractivity contribution in [1.82, 2.24) is 14.9 Å². The number of amides is 1. The fourth-order valence-electron chi connectivity index (χ4n) is 3.00. The molecule has 2 N–H and O–H groups in total. The fraction of sp³-hybridized carbons (Fsp3) is 0.450. The molecule has 1 aromatic heterocycles. The molecular weight excluding hydrogens is 406 g/mol. The summed E-state index contributed by atoms with van der Waals surface area (Å²) < 4.78 is 0.816. The van der Waals surface area contributed by atoms with Crippen LogP contribution in [-0.4, -0.2) is 40.9 Å². The molecule has 0 radical (unpaired) electrons. The first-order valence-electron chi connectivity index (χ1n) is 9.38.